The highest BCUT2D eigenvalue weighted by Gasteiger charge is 2.17. The Bertz CT molecular complexity index is 504. The van der Waals surface area contributed by atoms with E-state index in [4.69, 9.17) is 15.2 Å². The van der Waals surface area contributed by atoms with Gasteiger partial charge in [0, 0.05) is 13.0 Å². The van der Waals surface area contributed by atoms with Crippen LogP contribution in [0.25, 0.3) is 6.08 Å². The molecule has 114 valence electrons. The van der Waals surface area contributed by atoms with Crippen LogP contribution in [0.15, 0.2) is 23.8 Å². The fraction of sp³-hybridized carbons (Fsp3) is 0.556. The van der Waals surface area contributed by atoms with Crippen LogP contribution in [0.2, 0.25) is 0 Å². The van der Waals surface area contributed by atoms with Crippen LogP contribution in [0, 0.1) is 5.92 Å². The first kappa shape index (κ1) is 14.5. The first-order chi connectivity index (χ1) is 10.4. The Balaban J connectivity index is 1.81. The highest BCUT2D eigenvalue weighted by atomic mass is 16.5. The Hall–Kier alpha value is -1.48. The van der Waals surface area contributed by atoms with Gasteiger partial charge in [-0.3, -0.25) is 0 Å². The fourth-order valence-electron chi connectivity index (χ4n) is 3.30. The molecule has 2 N–H and O–H groups in total. The molecule has 1 aliphatic carbocycles. The van der Waals surface area contributed by atoms with Gasteiger partial charge in [-0.15, -0.1) is 0 Å². The average molecular weight is 287 g/mol. The molecule has 1 aliphatic heterocycles. The molecule has 1 aromatic rings. The van der Waals surface area contributed by atoms with E-state index in [1.165, 1.54) is 43.2 Å². The third-order valence-corrected chi connectivity index (χ3v) is 4.49. The molecule has 1 saturated carbocycles. The largest absolute Gasteiger partial charge is 0.490 e. The zero-order valence-electron chi connectivity index (χ0n) is 12.6. The maximum absolute atomic E-state index is 5.99. The van der Waals surface area contributed by atoms with Gasteiger partial charge in [0.05, 0.1) is 13.2 Å². The predicted octanol–water partition coefficient (Wildman–Crippen LogP) is 3.77. The summed E-state index contributed by atoms with van der Waals surface area (Å²) in [5.74, 6) is 2.39. The molecule has 2 aliphatic rings. The maximum atomic E-state index is 5.99. The number of hydrogen-bond acceptors (Lipinski definition) is 3. The molecule has 3 heteroatoms. The summed E-state index contributed by atoms with van der Waals surface area (Å²) in [4.78, 5) is 0. The zero-order valence-corrected chi connectivity index (χ0v) is 12.6. The average Bonchev–Trinajstić information content (AvgIpc) is 2.78. The van der Waals surface area contributed by atoms with Crippen molar-refractivity contribution in [3.63, 3.8) is 0 Å². The van der Waals surface area contributed by atoms with Gasteiger partial charge in [-0.05, 0) is 36.5 Å². The van der Waals surface area contributed by atoms with Gasteiger partial charge in [0.2, 0.25) is 0 Å². The summed E-state index contributed by atoms with van der Waals surface area (Å²) in [7, 11) is 0. The van der Waals surface area contributed by atoms with E-state index in [0.717, 1.165) is 31.1 Å². The monoisotopic (exact) mass is 287 g/mol. The van der Waals surface area contributed by atoms with E-state index in [0.29, 0.717) is 12.5 Å². The van der Waals surface area contributed by atoms with Crippen molar-refractivity contribution in [3.05, 3.63) is 29.3 Å². The van der Waals surface area contributed by atoms with Gasteiger partial charge in [0.15, 0.2) is 11.5 Å². The molecule has 3 nitrogen and oxygen atoms in total. The van der Waals surface area contributed by atoms with Crippen molar-refractivity contribution in [1.82, 2.24) is 0 Å². The van der Waals surface area contributed by atoms with Crippen molar-refractivity contribution in [2.75, 3.05) is 19.8 Å². The predicted molar refractivity (Wildman–Crippen MR) is 85.7 cm³/mol. The molecule has 0 radical (unpaired) electrons. The van der Waals surface area contributed by atoms with Crippen LogP contribution in [0.1, 0.15) is 44.1 Å². The van der Waals surface area contributed by atoms with Crippen molar-refractivity contribution in [2.24, 2.45) is 11.7 Å². The summed E-state index contributed by atoms with van der Waals surface area (Å²) in [6.45, 7) is 2.12. The molecule has 0 aromatic heterocycles. The SMILES string of the molecule is NC/C(=C/c1ccc2c(c1)OCCCO2)C1CCCCC1. The lowest BCUT2D eigenvalue weighted by molar-refractivity contribution is 0.297. The van der Waals surface area contributed by atoms with Crippen LogP contribution < -0.4 is 15.2 Å². The van der Waals surface area contributed by atoms with Gasteiger partial charge >= 0.3 is 0 Å². The van der Waals surface area contributed by atoms with Gasteiger partial charge in [-0.25, -0.2) is 0 Å². The van der Waals surface area contributed by atoms with E-state index in [2.05, 4.69) is 18.2 Å². The molecular weight excluding hydrogens is 262 g/mol. The van der Waals surface area contributed by atoms with Crippen molar-refractivity contribution in [1.29, 1.82) is 0 Å². The minimum Gasteiger partial charge on any atom is -0.490 e. The molecule has 0 saturated heterocycles. The highest BCUT2D eigenvalue weighted by Crippen LogP contribution is 2.33. The lowest BCUT2D eigenvalue weighted by Gasteiger charge is -2.24. The smallest absolute Gasteiger partial charge is 0.161 e. The van der Waals surface area contributed by atoms with Crippen molar-refractivity contribution in [2.45, 2.75) is 38.5 Å². The fourth-order valence-corrected chi connectivity index (χ4v) is 3.30. The van der Waals surface area contributed by atoms with E-state index >= 15 is 0 Å². The molecule has 0 atom stereocenters. The summed E-state index contributed by atoms with van der Waals surface area (Å²) in [5.41, 5.74) is 8.54. The van der Waals surface area contributed by atoms with Gasteiger partial charge in [0.1, 0.15) is 0 Å². The summed E-state index contributed by atoms with van der Waals surface area (Å²) in [6.07, 6.45) is 9.81. The molecule has 0 unspecified atom stereocenters. The molecule has 3 rings (SSSR count). The number of rotatable bonds is 3. The van der Waals surface area contributed by atoms with Crippen molar-refractivity contribution < 1.29 is 9.47 Å². The third kappa shape index (κ3) is 3.59. The second-order valence-electron chi connectivity index (χ2n) is 6.01. The van der Waals surface area contributed by atoms with E-state index in [1.807, 2.05) is 6.07 Å². The topological polar surface area (TPSA) is 44.5 Å². The first-order valence-electron chi connectivity index (χ1n) is 8.17. The van der Waals surface area contributed by atoms with Crippen LogP contribution in [0.4, 0.5) is 0 Å². The first-order valence-corrected chi connectivity index (χ1v) is 8.17. The van der Waals surface area contributed by atoms with Crippen molar-refractivity contribution >= 4 is 6.08 Å². The number of fused-ring (bicyclic) bond motifs is 1. The van der Waals surface area contributed by atoms with E-state index < -0.39 is 0 Å². The van der Waals surface area contributed by atoms with Crippen LogP contribution in [0.5, 0.6) is 11.5 Å². The zero-order chi connectivity index (χ0) is 14.5. The van der Waals surface area contributed by atoms with Crippen LogP contribution >= 0.6 is 0 Å². The summed E-state index contributed by atoms with van der Waals surface area (Å²) < 4.78 is 11.4. The standard InChI is InChI=1S/C18H25NO2/c19-13-16(15-5-2-1-3-6-15)11-14-7-8-17-18(12-14)21-10-4-9-20-17/h7-8,11-12,15H,1-6,9-10,13,19H2/b16-11-. The highest BCUT2D eigenvalue weighted by molar-refractivity contribution is 5.59. The van der Waals surface area contributed by atoms with E-state index in [9.17, 15) is 0 Å². The quantitative estimate of drug-likeness (QED) is 0.920. The third-order valence-electron chi connectivity index (χ3n) is 4.49. The summed E-state index contributed by atoms with van der Waals surface area (Å²) in [6, 6.07) is 6.20. The Labute approximate surface area is 127 Å². The number of benzene rings is 1. The van der Waals surface area contributed by atoms with Crippen LogP contribution in [-0.4, -0.2) is 19.8 Å². The second kappa shape index (κ2) is 6.99. The summed E-state index contributed by atoms with van der Waals surface area (Å²) >= 11 is 0. The minimum absolute atomic E-state index is 0.652. The molecule has 21 heavy (non-hydrogen) atoms. The summed E-state index contributed by atoms with van der Waals surface area (Å²) in [5, 5.41) is 0. The molecule has 1 aromatic carbocycles. The van der Waals surface area contributed by atoms with Crippen LogP contribution in [0.3, 0.4) is 0 Å². The Morgan fingerprint density at radius 2 is 1.81 bits per heavy atom. The van der Waals surface area contributed by atoms with Gasteiger partial charge in [-0.2, -0.15) is 0 Å². The normalized spacial score (nSPS) is 20.1. The maximum Gasteiger partial charge on any atom is 0.161 e. The Morgan fingerprint density at radius 1 is 1.05 bits per heavy atom. The van der Waals surface area contributed by atoms with Gasteiger partial charge < -0.3 is 15.2 Å². The Kier molecular flexibility index (Phi) is 4.81. The lowest BCUT2D eigenvalue weighted by atomic mass is 9.83. The molecule has 0 amide bonds. The molecule has 1 heterocycles. The number of nitrogens with two attached hydrogens (primary N) is 1. The molecule has 0 bridgehead atoms. The van der Waals surface area contributed by atoms with Crippen LogP contribution in [-0.2, 0) is 0 Å². The van der Waals surface area contributed by atoms with Gasteiger partial charge in [-0.1, -0.05) is 37.0 Å². The number of ether oxygens (including phenoxy) is 2. The minimum atomic E-state index is 0.652. The number of hydrogen-bond donors (Lipinski definition) is 1. The molecule has 0 spiro atoms. The molecule has 1 fully saturated rings. The second-order valence-corrected chi connectivity index (χ2v) is 6.01. The van der Waals surface area contributed by atoms with E-state index in [-0.39, 0.29) is 0 Å². The molecular formula is C18H25NO2. The van der Waals surface area contributed by atoms with Crippen molar-refractivity contribution in [3.8, 4) is 11.5 Å². The van der Waals surface area contributed by atoms with E-state index in [1.54, 1.807) is 0 Å². The van der Waals surface area contributed by atoms with Gasteiger partial charge in [0.25, 0.3) is 0 Å². The Morgan fingerprint density at radius 3 is 2.57 bits per heavy atom. The lowest BCUT2D eigenvalue weighted by Crippen LogP contribution is -2.16.